The predicted octanol–water partition coefficient (Wildman–Crippen LogP) is 0.909. The highest BCUT2D eigenvalue weighted by Crippen LogP contribution is 2.26. The van der Waals surface area contributed by atoms with Gasteiger partial charge in [0, 0.05) is 5.69 Å². The molecule has 8 heteroatoms. The van der Waals surface area contributed by atoms with Crippen LogP contribution in [0.3, 0.4) is 0 Å². The van der Waals surface area contributed by atoms with Gasteiger partial charge in [0.2, 0.25) is 0 Å². The third-order valence-electron chi connectivity index (χ3n) is 2.39. The molecule has 1 unspecified atom stereocenters. The highest BCUT2D eigenvalue weighted by atomic mass is 32.2. The average molecular weight is 300 g/mol. The van der Waals surface area contributed by atoms with E-state index in [2.05, 4.69) is 14.7 Å². The van der Waals surface area contributed by atoms with Gasteiger partial charge in [-0.3, -0.25) is 4.79 Å². The maximum absolute atomic E-state index is 11.9. The molecule has 0 aliphatic heterocycles. The van der Waals surface area contributed by atoms with Gasteiger partial charge in [-0.15, -0.1) is 0 Å². The zero-order valence-electron chi connectivity index (χ0n) is 11.7. The largest absolute Gasteiger partial charge is 0.468 e. The van der Waals surface area contributed by atoms with E-state index in [0.717, 1.165) is 11.8 Å². The van der Waals surface area contributed by atoms with E-state index in [4.69, 9.17) is 4.74 Å². The Morgan fingerprint density at radius 1 is 1.45 bits per heavy atom. The summed E-state index contributed by atoms with van der Waals surface area (Å²) in [6.07, 6.45) is 0. The number of hydrogen-bond acceptors (Lipinski definition) is 7. The van der Waals surface area contributed by atoms with Crippen molar-refractivity contribution in [1.29, 1.82) is 0 Å². The molecule has 20 heavy (non-hydrogen) atoms. The number of nitrogens with zero attached hydrogens (tertiary/aromatic N) is 1. The summed E-state index contributed by atoms with van der Waals surface area (Å²) in [7, 11) is 1.27. The number of methoxy groups -OCH3 is 1. The zero-order chi connectivity index (χ0) is 15.3. The van der Waals surface area contributed by atoms with Gasteiger partial charge < -0.3 is 14.5 Å². The number of aryl methyl sites for hydroxylation is 1. The van der Waals surface area contributed by atoms with E-state index in [1.165, 1.54) is 7.11 Å². The van der Waals surface area contributed by atoms with Crippen LogP contribution >= 0.6 is 11.8 Å². The number of rotatable bonds is 5. The van der Waals surface area contributed by atoms with E-state index in [1.54, 1.807) is 20.8 Å². The Morgan fingerprint density at radius 3 is 2.65 bits per heavy atom. The van der Waals surface area contributed by atoms with Crippen LogP contribution in [0.2, 0.25) is 0 Å². The second-order valence-corrected chi connectivity index (χ2v) is 5.18. The second kappa shape index (κ2) is 7.09. The Morgan fingerprint density at radius 2 is 2.10 bits per heavy atom. The number of aromatic nitrogens is 2. The van der Waals surface area contributed by atoms with Crippen molar-refractivity contribution in [3.63, 3.8) is 0 Å². The molecule has 0 radical (unpaired) electrons. The fourth-order valence-corrected chi connectivity index (χ4v) is 2.49. The van der Waals surface area contributed by atoms with E-state index in [1.807, 2.05) is 0 Å². The first-order chi connectivity index (χ1) is 9.40. The van der Waals surface area contributed by atoms with Gasteiger partial charge in [-0.2, -0.15) is 4.98 Å². The van der Waals surface area contributed by atoms with Gasteiger partial charge in [0.25, 0.3) is 0 Å². The molecule has 0 fully saturated rings. The fourth-order valence-electron chi connectivity index (χ4n) is 1.47. The van der Waals surface area contributed by atoms with E-state index in [9.17, 15) is 14.4 Å². The van der Waals surface area contributed by atoms with Crippen LogP contribution in [0.15, 0.2) is 9.82 Å². The van der Waals surface area contributed by atoms with Crippen molar-refractivity contribution in [3.05, 3.63) is 21.7 Å². The van der Waals surface area contributed by atoms with Crippen LogP contribution < -0.4 is 5.69 Å². The zero-order valence-corrected chi connectivity index (χ0v) is 12.5. The third-order valence-corrected chi connectivity index (χ3v) is 3.45. The van der Waals surface area contributed by atoms with Crippen molar-refractivity contribution < 1.29 is 19.1 Å². The SMILES string of the molecule is CCOC(=O)c1c(SC(C)C(=O)OC)nc(=O)[nH]c1C. The lowest BCUT2D eigenvalue weighted by atomic mass is 10.2. The van der Waals surface area contributed by atoms with Crippen LogP contribution in [0, 0.1) is 6.92 Å². The van der Waals surface area contributed by atoms with Crippen LogP contribution in [0.1, 0.15) is 29.9 Å². The number of nitrogens with one attached hydrogen (secondary N) is 1. The average Bonchev–Trinajstić information content (AvgIpc) is 2.37. The summed E-state index contributed by atoms with van der Waals surface area (Å²) in [4.78, 5) is 40.9. The first kappa shape index (κ1) is 16.2. The van der Waals surface area contributed by atoms with Gasteiger partial charge in [0.05, 0.1) is 13.7 Å². The van der Waals surface area contributed by atoms with Gasteiger partial charge in [0.15, 0.2) is 0 Å². The molecule has 1 atom stereocenters. The van der Waals surface area contributed by atoms with Crippen molar-refractivity contribution in [2.45, 2.75) is 31.0 Å². The molecule has 0 saturated heterocycles. The van der Waals surface area contributed by atoms with E-state index in [-0.39, 0.29) is 17.2 Å². The van der Waals surface area contributed by atoms with Gasteiger partial charge in [-0.05, 0) is 20.8 Å². The first-order valence-corrected chi connectivity index (χ1v) is 6.81. The lowest BCUT2D eigenvalue weighted by molar-refractivity contribution is -0.139. The number of ether oxygens (including phenoxy) is 2. The van der Waals surface area contributed by atoms with Crippen LogP contribution in [-0.4, -0.2) is 40.9 Å². The first-order valence-electron chi connectivity index (χ1n) is 5.93. The summed E-state index contributed by atoms with van der Waals surface area (Å²) in [6, 6.07) is 0. The minimum Gasteiger partial charge on any atom is -0.468 e. The molecule has 0 saturated carbocycles. The van der Waals surface area contributed by atoms with Crippen molar-refractivity contribution in [2.24, 2.45) is 0 Å². The number of H-pyrrole nitrogens is 1. The summed E-state index contributed by atoms with van der Waals surface area (Å²) in [5.74, 6) is -1.06. The molecular weight excluding hydrogens is 284 g/mol. The number of thioether (sulfide) groups is 1. The lowest BCUT2D eigenvalue weighted by Gasteiger charge is -2.12. The Kier molecular flexibility index (Phi) is 5.75. The monoisotopic (exact) mass is 300 g/mol. The predicted molar refractivity (Wildman–Crippen MR) is 72.9 cm³/mol. The van der Waals surface area contributed by atoms with Gasteiger partial charge in [0.1, 0.15) is 15.8 Å². The summed E-state index contributed by atoms with van der Waals surface area (Å²) < 4.78 is 9.53. The molecule has 0 aromatic carbocycles. The highest BCUT2D eigenvalue weighted by Gasteiger charge is 2.23. The molecular formula is C12H16N2O5S. The Hall–Kier alpha value is -1.83. The van der Waals surface area contributed by atoms with Crippen molar-refractivity contribution >= 4 is 23.7 Å². The normalized spacial score (nSPS) is 11.8. The smallest absolute Gasteiger partial charge is 0.346 e. The lowest BCUT2D eigenvalue weighted by Crippen LogP contribution is -2.22. The number of aromatic amines is 1. The highest BCUT2D eigenvalue weighted by molar-refractivity contribution is 8.00. The topological polar surface area (TPSA) is 98.3 Å². The van der Waals surface area contributed by atoms with Crippen molar-refractivity contribution in [3.8, 4) is 0 Å². The Bertz CT molecular complexity index is 569. The summed E-state index contributed by atoms with van der Waals surface area (Å²) >= 11 is 0.979. The molecule has 110 valence electrons. The van der Waals surface area contributed by atoms with E-state index in [0.29, 0.717) is 5.69 Å². The maximum atomic E-state index is 11.9. The van der Waals surface area contributed by atoms with Crippen molar-refractivity contribution in [1.82, 2.24) is 9.97 Å². The van der Waals surface area contributed by atoms with Gasteiger partial charge >= 0.3 is 17.6 Å². The molecule has 0 aliphatic carbocycles. The minimum atomic E-state index is -0.595. The molecule has 0 amide bonds. The second-order valence-electron chi connectivity index (χ2n) is 3.85. The van der Waals surface area contributed by atoms with E-state index >= 15 is 0 Å². The summed E-state index contributed by atoms with van der Waals surface area (Å²) in [5.41, 5.74) is -0.0784. The Labute approximate surface area is 120 Å². The molecule has 0 aliphatic rings. The molecule has 1 rings (SSSR count). The van der Waals surface area contributed by atoms with Crippen LogP contribution in [0.5, 0.6) is 0 Å². The molecule has 1 aromatic heterocycles. The number of esters is 2. The standard InChI is InChI=1S/C12H16N2O5S/c1-5-19-11(16)8-6(2)13-12(17)14-9(8)20-7(3)10(15)18-4/h7H,5H2,1-4H3,(H,13,14,17). The van der Waals surface area contributed by atoms with Crippen LogP contribution in [-0.2, 0) is 14.3 Å². The molecule has 7 nitrogen and oxygen atoms in total. The molecule has 1 heterocycles. The number of carbonyl (C=O) groups is 2. The molecule has 1 N–H and O–H groups in total. The quantitative estimate of drug-likeness (QED) is 0.490. The molecule has 1 aromatic rings. The maximum Gasteiger partial charge on any atom is 0.346 e. The van der Waals surface area contributed by atoms with Gasteiger partial charge in [-0.1, -0.05) is 11.8 Å². The minimum absolute atomic E-state index is 0.155. The summed E-state index contributed by atoms with van der Waals surface area (Å²) in [5, 5.41) is -0.440. The van der Waals surface area contributed by atoms with Crippen LogP contribution in [0.4, 0.5) is 0 Å². The van der Waals surface area contributed by atoms with E-state index < -0.39 is 22.9 Å². The third kappa shape index (κ3) is 3.83. The fraction of sp³-hybridized carbons (Fsp3) is 0.500. The van der Waals surface area contributed by atoms with Crippen LogP contribution in [0.25, 0.3) is 0 Å². The van der Waals surface area contributed by atoms with Crippen molar-refractivity contribution in [2.75, 3.05) is 13.7 Å². The Balaban J connectivity index is 3.19. The molecule has 0 spiro atoms. The van der Waals surface area contributed by atoms with Gasteiger partial charge in [-0.25, -0.2) is 9.59 Å². The molecule has 0 bridgehead atoms. The number of hydrogen-bond donors (Lipinski definition) is 1. The number of carbonyl (C=O) groups excluding carboxylic acids is 2. The summed E-state index contributed by atoms with van der Waals surface area (Å²) in [6.45, 7) is 5.05.